The molecule has 0 N–H and O–H groups in total. The summed E-state index contributed by atoms with van der Waals surface area (Å²) in [5.74, 6) is -3.10. The molecular formula is C12H10O5S. The molecule has 0 aromatic heterocycles. The highest BCUT2D eigenvalue weighted by atomic mass is 32.2. The fourth-order valence-electron chi connectivity index (χ4n) is 1.01. The van der Waals surface area contributed by atoms with Crippen molar-refractivity contribution in [1.29, 1.82) is 0 Å². The number of ketones is 1. The van der Waals surface area contributed by atoms with Crippen molar-refractivity contribution in [3.8, 4) is 0 Å². The monoisotopic (exact) mass is 266 g/mol. The fourth-order valence-corrected chi connectivity index (χ4v) is 1.42. The van der Waals surface area contributed by atoms with Crippen LogP contribution in [0.15, 0.2) is 41.8 Å². The molecule has 1 aromatic rings. The smallest absolute Gasteiger partial charge is 0.281 e. The van der Waals surface area contributed by atoms with Crippen molar-refractivity contribution in [1.82, 2.24) is 0 Å². The first-order valence-corrected chi connectivity index (χ1v) is 6.04. The van der Waals surface area contributed by atoms with E-state index in [-0.39, 0.29) is 5.56 Å². The van der Waals surface area contributed by atoms with E-state index in [1.165, 1.54) is 23.9 Å². The van der Waals surface area contributed by atoms with Crippen molar-refractivity contribution in [2.24, 2.45) is 0 Å². The number of carbonyl (C=O) groups excluding carboxylic acids is 3. The predicted octanol–water partition coefficient (Wildman–Crippen LogP) is 1.78. The Labute approximate surface area is 108 Å². The molecule has 0 atom stereocenters. The van der Waals surface area contributed by atoms with Gasteiger partial charge in [0.25, 0.3) is 5.78 Å². The summed E-state index contributed by atoms with van der Waals surface area (Å²) in [7, 11) is 0. The van der Waals surface area contributed by atoms with E-state index in [2.05, 4.69) is 16.4 Å². The van der Waals surface area contributed by atoms with Crippen LogP contribution in [0.25, 0.3) is 0 Å². The molecule has 6 heteroatoms. The van der Waals surface area contributed by atoms with Gasteiger partial charge in [0.05, 0.1) is 0 Å². The lowest BCUT2D eigenvalue weighted by atomic mass is 10.1. The number of carbonyl (C=O) groups is 3. The van der Waals surface area contributed by atoms with Crippen molar-refractivity contribution < 1.29 is 24.2 Å². The molecule has 0 bridgehead atoms. The third-order valence-corrected chi connectivity index (χ3v) is 2.65. The molecule has 18 heavy (non-hydrogen) atoms. The molecular weight excluding hydrogens is 256 g/mol. The van der Waals surface area contributed by atoms with Gasteiger partial charge < -0.3 is 0 Å². The molecule has 1 aromatic carbocycles. The van der Waals surface area contributed by atoms with Gasteiger partial charge in [-0.3, -0.25) is 4.79 Å². The van der Waals surface area contributed by atoms with Crippen LogP contribution in [0.1, 0.15) is 10.4 Å². The van der Waals surface area contributed by atoms with Gasteiger partial charge in [0.15, 0.2) is 0 Å². The molecule has 0 aliphatic carbocycles. The average Bonchev–Trinajstić information content (AvgIpc) is 2.43. The zero-order chi connectivity index (χ0) is 13.5. The highest BCUT2D eigenvalue weighted by molar-refractivity contribution is 7.98. The highest BCUT2D eigenvalue weighted by Gasteiger charge is 2.20. The molecule has 0 heterocycles. The van der Waals surface area contributed by atoms with Gasteiger partial charge in [0, 0.05) is 16.5 Å². The molecule has 5 nitrogen and oxygen atoms in total. The van der Waals surface area contributed by atoms with Crippen LogP contribution in [-0.2, 0) is 19.4 Å². The van der Waals surface area contributed by atoms with E-state index in [1.807, 2.05) is 6.26 Å². The van der Waals surface area contributed by atoms with Gasteiger partial charge in [-0.05, 0) is 30.5 Å². The third kappa shape index (κ3) is 3.74. The van der Waals surface area contributed by atoms with Gasteiger partial charge >= 0.3 is 11.9 Å². The van der Waals surface area contributed by atoms with Gasteiger partial charge in [-0.15, -0.1) is 11.8 Å². The molecule has 0 radical (unpaired) electrons. The van der Waals surface area contributed by atoms with Crippen molar-refractivity contribution in [2.45, 2.75) is 4.90 Å². The zero-order valence-electron chi connectivity index (χ0n) is 9.54. The summed E-state index contributed by atoms with van der Waals surface area (Å²) in [6.07, 6.45) is 2.70. The molecule has 0 unspecified atom stereocenters. The molecule has 0 saturated carbocycles. The third-order valence-electron chi connectivity index (χ3n) is 1.90. The Kier molecular flexibility index (Phi) is 5.13. The summed E-state index contributed by atoms with van der Waals surface area (Å²) in [5, 5.41) is 0. The van der Waals surface area contributed by atoms with Crippen LogP contribution in [0.5, 0.6) is 0 Å². The second-order valence-electron chi connectivity index (χ2n) is 3.03. The Morgan fingerprint density at radius 1 is 1.17 bits per heavy atom. The molecule has 1 rings (SSSR count). The van der Waals surface area contributed by atoms with Crippen LogP contribution in [0.4, 0.5) is 0 Å². The molecule has 0 spiro atoms. The quantitative estimate of drug-likeness (QED) is 0.207. The number of benzene rings is 1. The lowest BCUT2D eigenvalue weighted by molar-refractivity contribution is -0.249. The Morgan fingerprint density at radius 3 is 2.28 bits per heavy atom. The molecule has 0 aliphatic heterocycles. The normalized spacial score (nSPS) is 9.39. The van der Waals surface area contributed by atoms with E-state index in [9.17, 15) is 14.4 Å². The van der Waals surface area contributed by atoms with E-state index < -0.39 is 17.7 Å². The van der Waals surface area contributed by atoms with Crippen LogP contribution in [0.2, 0.25) is 0 Å². The second kappa shape index (κ2) is 6.61. The van der Waals surface area contributed by atoms with Gasteiger partial charge in [-0.25, -0.2) is 19.4 Å². The number of hydrogen-bond donors (Lipinski definition) is 0. The first kappa shape index (κ1) is 14.0. The summed E-state index contributed by atoms with van der Waals surface area (Å²) in [5.41, 5.74) is 0.160. The van der Waals surface area contributed by atoms with E-state index in [0.29, 0.717) is 0 Å². The van der Waals surface area contributed by atoms with Crippen LogP contribution < -0.4 is 0 Å². The van der Waals surface area contributed by atoms with E-state index in [0.717, 1.165) is 11.0 Å². The minimum atomic E-state index is -1.26. The van der Waals surface area contributed by atoms with E-state index in [4.69, 9.17) is 0 Å². The zero-order valence-corrected chi connectivity index (χ0v) is 10.4. The molecule has 0 fully saturated rings. The van der Waals surface area contributed by atoms with Gasteiger partial charge in [0.1, 0.15) is 0 Å². The first-order chi connectivity index (χ1) is 8.58. The SMILES string of the molecule is C=CC(=O)OOC(=O)C(=O)c1ccc(SC)cc1. The minimum absolute atomic E-state index is 0.160. The summed E-state index contributed by atoms with van der Waals surface area (Å²) >= 11 is 1.51. The van der Waals surface area contributed by atoms with Crippen LogP contribution in [0.3, 0.4) is 0 Å². The van der Waals surface area contributed by atoms with Crippen molar-refractivity contribution in [3.63, 3.8) is 0 Å². The topological polar surface area (TPSA) is 69.7 Å². The van der Waals surface area contributed by atoms with Crippen LogP contribution in [0, 0.1) is 0 Å². The second-order valence-corrected chi connectivity index (χ2v) is 3.91. The maximum atomic E-state index is 11.5. The molecule has 0 aliphatic rings. The van der Waals surface area contributed by atoms with Crippen LogP contribution in [-0.4, -0.2) is 24.0 Å². The number of hydrogen-bond acceptors (Lipinski definition) is 6. The van der Waals surface area contributed by atoms with Crippen molar-refractivity contribution in [3.05, 3.63) is 42.5 Å². The van der Waals surface area contributed by atoms with Gasteiger partial charge in [0.2, 0.25) is 0 Å². The summed E-state index contributed by atoms with van der Waals surface area (Å²) in [6, 6.07) is 6.37. The highest BCUT2D eigenvalue weighted by Crippen LogP contribution is 2.15. The van der Waals surface area contributed by atoms with E-state index >= 15 is 0 Å². The minimum Gasteiger partial charge on any atom is -0.281 e. The van der Waals surface area contributed by atoms with Crippen LogP contribution >= 0.6 is 11.8 Å². The van der Waals surface area contributed by atoms with Crippen molar-refractivity contribution >= 4 is 29.5 Å². The lowest BCUT2D eigenvalue weighted by Gasteiger charge is -2.01. The standard InChI is InChI=1S/C12H10O5S/c1-3-10(13)16-17-12(15)11(14)8-4-6-9(18-2)7-5-8/h3-7H,1H2,2H3. The Hall–Kier alpha value is -2.08. The fraction of sp³-hybridized carbons (Fsp3) is 0.0833. The summed E-state index contributed by atoms with van der Waals surface area (Å²) in [4.78, 5) is 42.4. The molecule has 94 valence electrons. The number of Topliss-reactive ketones (excluding diaryl/α,β-unsaturated/α-hetero) is 1. The largest absolute Gasteiger partial charge is 0.426 e. The van der Waals surface area contributed by atoms with E-state index in [1.54, 1.807) is 12.1 Å². The summed E-state index contributed by atoms with van der Waals surface area (Å²) in [6.45, 7) is 3.11. The van der Waals surface area contributed by atoms with Gasteiger partial charge in [-0.2, -0.15) is 0 Å². The Morgan fingerprint density at radius 2 is 1.78 bits per heavy atom. The Balaban J connectivity index is 2.65. The summed E-state index contributed by atoms with van der Waals surface area (Å²) < 4.78 is 0. The number of rotatable bonds is 4. The maximum absolute atomic E-state index is 11.5. The number of thioether (sulfide) groups is 1. The predicted molar refractivity (Wildman–Crippen MR) is 64.9 cm³/mol. The molecule has 0 saturated heterocycles. The lowest BCUT2D eigenvalue weighted by Crippen LogP contribution is -2.19. The maximum Gasteiger partial charge on any atom is 0.426 e. The average molecular weight is 266 g/mol. The first-order valence-electron chi connectivity index (χ1n) is 4.82. The Bertz CT molecular complexity index is 478. The van der Waals surface area contributed by atoms with Gasteiger partial charge in [-0.1, -0.05) is 6.58 Å². The van der Waals surface area contributed by atoms with Crippen molar-refractivity contribution in [2.75, 3.05) is 6.26 Å². The molecule has 0 amide bonds.